The third-order valence-corrected chi connectivity index (χ3v) is 10.6. The van der Waals surface area contributed by atoms with Crippen LogP contribution >= 0.6 is 0 Å². The lowest BCUT2D eigenvalue weighted by Crippen LogP contribution is -2.46. The van der Waals surface area contributed by atoms with Gasteiger partial charge < -0.3 is 53.5 Å². The fraction of sp³-hybridized carbons (Fsp3) is 0.636. The lowest BCUT2D eigenvalue weighted by molar-refractivity contribution is -0.143. The van der Waals surface area contributed by atoms with E-state index in [0.29, 0.717) is 70.7 Å². The molecule has 0 unspecified atom stereocenters. The fourth-order valence-electron chi connectivity index (χ4n) is 7.41. The van der Waals surface area contributed by atoms with E-state index in [9.17, 15) is 19.2 Å². The van der Waals surface area contributed by atoms with Crippen molar-refractivity contribution in [3.63, 3.8) is 0 Å². The molecule has 2 aromatic carbocycles. The van der Waals surface area contributed by atoms with E-state index >= 15 is 0 Å². The number of rotatable bonds is 6. The summed E-state index contributed by atoms with van der Waals surface area (Å²) in [5.74, 6) is 2.09. The second kappa shape index (κ2) is 20.9. The summed E-state index contributed by atoms with van der Waals surface area (Å²) in [6, 6.07) is 8.11. The van der Waals surface area contributed by atoms with Gasteiger partial charge in [0.1, 0.15) is 11.2 Å². The molecule has 3 amide bonds. The Labute approximate surface area is 349 Å². The molecule has 2 fully saturated rings. The van der Waals surface area contributed by atoms with Crippen LogP contribution in [0, 0.1) is 11.8 Å². The molecule has 2 aromatic rings. The summed E-state index contributed by atoms with van der Waals surface area (Å²) in [7, 11) is 6.59. The van der Waals surface area contributed by atoms with Crippen LogP contribution in [0.25, 0.3) is 0 Å². The second-order valence-corrected chi connectivity index (χ2v) is 17.2. The van der Waals surface area contributed by atoms with Crippen molar-refractivity contribution in [2.45, 2.75) is 104 Å². The van der Waals surface area contributed by atoms with Crippen LogP contribution in [0.1, 0.15) is 89.5 Å². The Balaban J connectivity index is 0.000000216. The number of nitrogens with zero attached hydrogens (tertiary/aromatic N) is 3. The Morgan fingerprint density at radius 2 is 0.983 bits per heavy atom. The average Bonchev–Trinajstić information content (AvgIpc) is 3.21. The minimum Gasteiger partial charge on any atom is -0.493 e. The maximum Gasteiger partial charge on any atom is 0.410 e. The SMILES string of the molecule is CC(C)(C)OC(=O)N1CCC(C(=O)O)CC1.COc1cc2c(cc1OC)CN(C(=O)C1CCN(C(=O)OC(C)(C)C)CC1)CC2.COc1cc2c(cc1OC)CNCC2. The van der Waals surface area contributed by atoms with Gasteiger partial charge in [-0.15, -0.1) is 0 Å². The number of benzene rings is 2. The number of methoxy groups -OCH3 is 4. The third kappa shape index (κ3) is 13.6. The van der Waals surface area contributed by atoms with Gasteiger partial charge in [-0.3, -0.25) is 9.59 Å². The zero-order valence-corrected chi connectivity index (χ0v) is 36.7. The largest absolute Gasteiger partial charge is 0.493 e. The average molecular weight is 827 g/mol. The van der Waals surface area contributed by atoms with Crippen molar-refractivity contribution in [1.29, 1.82) is 0 Å². The molecule has 2 N–H and O–H groups in total. The summed E-state index contributed by atoms with van der Waals surface area (Å²) >= 11 is 0. The zero-order chi connectivity index (χ0) is 43.5. The summed E-state index contributed by atoms with van der Waals surface area (Å²) in [6.45, 7) is 16.3. The highest BCUT2D eigenvalue weighted by Gasteiger charge is 2.34. The van der Waals surface area contributed by atoms with Crippen LogP contribution in [0.4, 0.5) is 9.59 Å². The monoisotopic (exact) mass is 826 g/mol. The lowest BCUT2D eigenvalue weighted by atomic mass is 9.93. The van der Waals surface area contributed by atoms with Crippen LogP contribution in [0.3, 0.4) is 0 Å². The molecule has 4 heterocycles. The van der Waals surface area contributed by atoms with Crippen molar-refractivity contribution in [3.8, 4) is 23.0 Å². The number of likely N-dealkylation sites (tertiary alicyclic amines) is 2. The Kier molecular flexibility index (Phi) is 16.5. The standard InChI is InChI=1S/C22H32N2O5.C11H19NO4.C11H15NO2/c1-22(2,3)29-21(26)23-9-6-15(7-10-23)20(25)24-11-8-16-12-18(27-4)19(28-5)13-17(16)14-24;1-11(2,3)16-10(15)12-6-4-8(5-7-12)9(13)14;1-13-10-5-8-3-4-12-7-9(8)6-11(10)14-2/h12-13,15H,6-11,14H2,1-5H3;8H,4-7H2,1-3H3,(H,13,14);5-6,12H,3-4,7H2,1-2H3. The number of hydrogen-bond donors (Lipinski definition) is 2. The van der Waals surface area contributed by atoms with Gasteiger partial charge in [0, 0.05) is 51.7 Å². The van der Waals surface area contributed by atoms with Crippen molar-refractivity contribution >= 4 is 24.1 Å². The number of piperidine rings is 2. The van der Waals surface area contributed by atoms with Crippen molar-refractivity contribution in [2.75, 3.05) is 67.7 Å². The minimum absolute atomic E-state index is 0.0459. The Morgan fingerprint density at radius 1 is 0.576 bits per heavy atom. The van der Waals surface area contributed by atoms with E-state index in [-0.39, 0.29) is 29.9 Å². The molecule has 2 saturated heterocycles. The van der Waals surface area contributed by atoms with Crippen LogP contribution in [0.2, 0.25) is 0 Å². The molecule has 4 aliphatic heterocycles. The van der Waals surface area contributed by atoms with Crippen LogP contribution in [0.15, 0.2) is 24.3 Å². The third-order valence-electron chi connectivity index (χ3n) is 10.6. The highest BCUT2D eigenvalue weighted by Crippen LogP contribution is 2.35. The molecule has 328 valence electrons. The molecule has 4 aliphatic rings. The van der Waals surface area contributed by atoms with E-state index in [1.54, 1.807) is 38.2 Å². The summed E-state index contributed by atoms with van der Waals surface area (Å²) in [5, 5.41) is 12.1. The molecular formula is C44H66N4O11. The van der Waals surface area contributed by atoms with Gasteiger partial charge in [0.25, 0.3) is 0 Å². The summed E-state index contributed by atoms with van der Waals surface area (Å²) in [4.78, 5) is 52.9. The molecule has 0 aliphatic carbocycles. The Morgan fingerprint density at radius 3 is 1.41 bits per heavy atom. The van der Waals surface area contributed by atoms with E-state index < -0.39 is 17.2 Å². The van der Waals surface area contributed by atoms with Gasteiger partial charge in [-0.25, -0.2) is 9.59 Å². The van der Waals surface area contributed by atoms with Crippen molar-refractivity contribution in [3.05, 3.63) is 46.5 Å². The van der Waals surface area contributed by atoms with E-state index in [0.717, 1.165) is 48.7 Å². The van der Waals surface area contributed by atoms with Crippen molar-refractivity contribution in [1.82, 2.24) is 20.0 Å². The van der Waals surface area contributed by atoms with E-state index in [1.165, 1.54) is 16.7 Å². The highest BCUT2D eigenvalue weighted by molar-refractivity contribution is 5.80. The molecule has 59 heavy (non-hydrogen) atoms. The number of carboxylic acids is 1. The maximum atomic E-state index is 13.1. The number of carbonyl (C=O) groups excluding carboxylic acids is 3. The summed E-state index contributed by atoms with van der Waals surface area (Å²) < 4.78 is 31.9. The van der Waals surface area contributed by atoms with Crippen LogP contribution < -0.4 is 24.3 Å². The van der Waals surface area contributed by atoms with Crippen molar-refractivity contribution in [2.24, 2.45) is 11.8 Å². The number of amides is 3. The quantitative estimate of drug-likeness (QED) is 0.334. The first-order chi connectivity index (χ1) is 27.9. The van der Waals surface area contributed by atoms with Gasteiger partial charge in [0.2, 0.25) is 5.91 Å². The van der Waals surface area contributed by atoms with Crippen LogP contribution in [-0.2, 0) is 45.0 Å². The molecule has 6 rings (SSSR count). The van der Waals surface area contributed by atoms with Gasteiger partial charge in [0.15, 0.2) is 23.0 Å². The molecule has 0 radical (unpaired) electrons. The predicted molar refractivity (Wildman–Crippen MR) is 222 cm³/mol. The fourth-order valence-corrected chi connectivity index (χ4v) is 7.41. The first-order valence-electron chi connectivity index (χ1n) is 20.5. The zero-order valence-electron chi connectivity index (χ0n) is 36.7. The molecule has 0 bridgehead atoms. The number of aliphatic carboxylic acids is 1. The molecule has 0 spiro atoms. The molecule has 15 nitrogen and oxygen atoms in total. The first kappa shape index (κ1) is 46.8. The summed E-state index contributed by atoms with van der Waals surface area (Å²) in [6.07, 6.45) is 3.59. The molecule has 0 aromatic heterocycles. The van der Waals surface area contributed by atoms with Gasteiger partial charge in [0.05, 0.1) is 34.4 Å². The van der Waals surface area contributed by atoms with Crippen LogP contribution in [-0.4, -0.2) is 123 Å². The van der Waals surface area contributed by atoms with Gasteiger partial charge in [-0.05, 0) is 133 Å². The number of carboxylic acid groups (broad SMARTS) is 1. The molecular weight excluding hydrogens is 761 g/mol. The number of carbonyl (C=O) groups is 4. The summed E-state index contributed by atoms with van der Waals surface area (Å²) in [5.41, 5.74) is 3.98. The van der Waals surface area contributed by atoms with Crippen LogP contribution in [0.5, 0.6) is 23.0 Å². The Bertz CT molecular complexity index is 1710. The van der Waals surface area contributed by atoms with E-state index in [2.05, 4.69) is 17.4 Å². The van der Waals surface area contributed by atoms with Gasteiger partial charge >= 0.3 is 18.2 Å². The first-order valence-corrected chi connectivity index (χ1v) is 20.5. The highest BCUT2D eigenvalue weighted by atomic mass is 16.6. The lowest BCUT2D eigenvalue weighted by Gasteiger charge is -2.36. The molecule has 0 atom stereocenters. The number of hydrogen-bond acceptors (Lipinski definition) is 11. The number of nitrogens with one attached hydrogen (secondary N) is 1. The van der Waals surface area contributed by atoms with E-state index in [4.69, 9.17) is 33.5 Å². The van der Waals surface area contributed by atoms with E-state index in [1.807, 2.05) is 58.6 Å². The topological polar surface area (TPSA) is 166 Å². The number of fused-ring (bicyclic) bond motifs is 2. The number of ether oxygens (including phenoxy) is 6. The second-order valence-electron chi connectivity index (χ2n) is 17.2. The van der Waals surface area contributed by atoms with Crippen molar-refractivity contribution < 1.29 is 52.7 Å². The molecule has 15 heteroatoms. The normalized spacial score (nSPS) is 17.1. The molecule has 0 saturated carbocycles. The maximum absolute atomic E-state index is 13.1. The Hall–Kier alpha value is -4.92. The minimum atomic E-state index is -0.774. The smallest absolute Gasteiger partial charge is 0.410 e. The predicted octanol–water partition coefficient (Wildman–Crippen LogP) is 6.30. The van der Waals surface area contributed by atoms with Gasteiger partial charge in [-0.1, -0.05) is 0 Å². The van der Waals surface area contributed by atoms with Gasteiger partial charge in [-0.2, -0.15) is 0 Å².